The van der Waals surface area contributed by atoms with E-state index in [-0.39, 0.29) is 11.5 Å². The summed E-state index contributed by atoms with van der Waals surface area (Å²) in [5.41, 5.74) is 2.17. The Morgan fingerprint density at radius 2 is 1.96 bits per heavy atom. The van der Waals surface area contributed by atoms with E-state index < -0.39 is 0 Å². The minimum atomic E-state index is -0.0331. The molecule has 5 nitrogen and oxygen atoms in total. The SMILES string of the molecule is O=C(c1ccc2c(=O)n3c(nc2c1)CCC3)N1CCCSc2ccccc21. The maximum Gasteiger partial charge on any atom is 0.261 e. The molecule has 0 spiro atoms. The Labute approximate surface area is 161 Å². The number of carbonyl (C=O) groups excluding carboxylic acids is 1. The summed E-state index contributed by atoms with van der Waals surface area (Å²) in [6.45, 7) is 1.43. The van der Waals surface area contributed by atoms with Crippen LogP contribution in [-0.4, -0.2) is 27.8 Å². The Morgan fingerprint density at radius 3 is 2.89 bits per heavy atom. The molecule has 2 aromatic carbocycles. The molecule has 0 N–H and O–H groups in total. The van der Waals surface area contributed by atoms with Crippen molar-refractivity contribution in [3.63, 3.8) is 0 Å². The number of rotatable bonds is 1. The van der Waals surface area contributed by atoms with E-state index in [0.717, 1.165) is 48.0 Å². The highest BCUT2D eigenvalue weighted by molar-refractivity contribution is 7.99. The zero-order valence-electron chi connectivity index (χ0n) is 14.9. The van der Waals surface area contributed by atoms with Crippen LogP contribution in [0.15, 0.2) is 52.2 Å². The van der Waals surface area contributed by atoms with E-state index in [1.54, 1.807) is 34.5 Å². The number of hydrogen-bond donors (Lipinski definition) is 0. The van der Waals surface area contributed by atoms with Crippen molar-refractivity contribution in [3.05, 3.63) is 64.2 Å². The van der Waals surface area contributed by atoms with E-state index in [9.17, 15) is 9.59 Å². The molecule has 0 unspecified atom stereocenters. The van der Waals surface area contributed by atoms with E-state index in [0.29, 0.717) is 23.0 Å². The number of para-hydroxylation sites is 1. The molecule has 0 fully saturated rings. The van der Waals surface area contributed by atoms with Crippen LogP contribution in [0.1, 0.15) is 29.0 Å². The van der Waals surface area contributed by atoms with Gasteiger partial charge in [0, 0.05) is 30.0 Å². The van der Waals surface area contributed by atoms with Gasteiger partial charge in [-0.3, -0.25) is 14.2 Å². The van der Waals surface area contributed by atoms with Crippen molar-refractivity contribution in [1.29, 1.82) is 0 Å². The molecule has 2 aliphatic rings. The van der Waals surface area contributed by atoms with E-state index in [1.165, 1.54) is 0 Å². The molecule has 0 atom stereocenters. The smallest absolute Gasteiger partial charge is 0.261 e. The van der Waals surface area contributed by atoms with Gasteiger partial charge >= 0.3 is 0 Å². The molecule has 0 bridgehead atoms. The fourth-order valence-corrected chi connectivity index (χ4v) is 4.91. The van der Waals surface area contributed by atoms with Crippen LogP contribution in [0.25, 0.3) is 10.9 Å². The van der Waals surface area contributed by atoms with Crippen LogP contribution in [0.2, 0.25) is 0 Å². The first-order chi connectivity index (χ1) is 13.2. The molecule has 3 heterocycles. The van der Waals surface area contributed by atoms with Crippen LogP contribution in [0.4, 0.5) is 5.69 Å². The summed E-state index contributed by atoms with van der Waals surface area (Å²) in [5, 5.41) is 0.587. The molecule has 6 heteroatoms. The van der Waals surface area contributed by atoms with Crippen LogP contribution in [0, 0.1) is 0 Å². The standard InChI is InChI=1S/C21H19N3O2S/c25-20(23-11-4-12-27-18-6-2-1-5-17(18)23)14-8-9-15-16(13-14)22-19-7-3-10-24(19)21(15)26/h1-2,5-6,8-9,13H,3-4,7,10-12H2. The number of benzene rings is 2. The lowest BCUT2D eigenvalue weighted by molar-refractivity contribution is 0.0987. The fourth-order valence-electron chi connectivity index (χ4n) is 3.91. The highest BCUT2D eigenvalue weighted by Gasteiger charge is 2.23. The molecule has 1 aromatic heterocycles. The molecule has 136 valence electrons. The number of aryl methyl sites for hydroxylation is 1. The summed E-state index contributed by atoms with van der Waals surface area (Å²) in [7, 11) is 0. The Balaban J connectivity index is 1.59. The van der Waals surface area contributed by atoms with Gasteiger partial charge in [0.05, 0.1) is 16.6 Å². The molecule has 0 saturated heterocycles. The van der Waals surface area contributed by atoms with Gasteiger partial charge in [-0.05, 0) is 48.9 Å². The first-order valence-electron chi connectivity index (χ1n) is 9.29. The summed E-state index contributed by atoms with van der Waals surface area (Å²) in [4.78, 5) is 33.6. The maximum atomic E-state index is 13.3. The third-order valence-corrected chi connectivity index (χ3v) is 6.40. The Hall–Kier alpha value is -2.60. The monoisotopic (exact) mass is 377 g/mol. The minimum absolute atomic E-state index is 0.00279. The lowest BCUT2D eigenvalue weighted by atomic mass is 10.1. The molecule has 0 radical (unpaired) electrons. The van der Waals surface area contributed by atoms with Crippen LogP contribution in [0.5, 0.6) is 0 Å². The number of nitrogens with zero attached hydrogens (tertiary/aromatic N) is 3. The highest BCUT2D eigenvalue weighted by atomic mass is 32.2. The number of carbonyl (C=O) groups is 1. The molecule has 5 rings (SSSR count). The third-order valence-electron chi connectivity index (χ3n) is 5.25. The molecular weight excluding hydrogens is 358 g/mol. The van der Waals surface area contributed by atoms with E-state index >= 15 is 0 Å². The molecule has 2 aliphatic heterocycles. The first kappa shape index (κ1) is 16.6. The second kappa shape index (κ2) is 6.53. The van der Waals surface area contributed by atoms with E-state index in [4.69, 9.17) is 0 Å². The van der Waals surface area contributed by atoms with Gasteiger partial charge in [-0.25, -0.2) is 4.98 Å². The predicted molar refractivity (Wildman–Crippen MR) is 108 cm³/mol. The van der Waals surface area contributed by atoms with Crippen LogP contribution in [-0.2, 0) is 13.0 Å². The number of hydrogen-bond acceptors (Lipinski definition) is 4. The van der Waals surface area contributed by atoms with E-state index in [2.05, 4.69) is 11.1 Å². The molecule has 0 saturated carbocycles. The zero-order valence-corrected chi connectivity index (χ0v) is 15.7. The molecule has 27 heavy (non-hydrogen) atoms. The predicted octanol–water partition coefficient (Wildman–Crippen LogP) is 3.49. The van der Waals surface area contributed by atoms with Crippen molar-refractivity contribution in [2.45, 2.75) is 30.7 Å². The maximum absolute atomic E-state index is 13.3. The number of anilines is 1. The largest absolute Gasteiger partial charge is 0.307 e. The van der Waals surface area contributed by atoms with Crippen LogP contribution in [0.3, 0.4) is 0 Å². The second-order valence-electron chi connectivity index (χ2n) is 6.95. The van der Waals surface area contributed by atoms with Crippen molar-refractivity contribution in [2.24, 2.45) is 0 Å². The van der Waals surface area contributed by atoms with Gasteiger partial charge in [-0.1, -0.05) is 12.1 Å². The van der Waals surface area contributed by atoms with Gasteiger partial charge < -0.3 is 4.90 Å². The minimum Gasteiger partial charge on any atom is -0.307 e. The van der Waals surface area contributed by atoms with Gasteiger partial charge in [0.2, 0.25) is 0 Å². The average Bonchev–Trinajstić information content (AvgIpc) is 3.06. The number of amides is 1. The number of thioether (sulfide) groups is 1. The van der Waals surface area contributed by atoms with Gasteiger partial charge in [0.15, 0.2) is 0 Å². The van der Waals surface area contributed by atoms with Crippen molar-refractivity contribution in [3.8, 4) is 0 Å². The quantitative estimate of drug-likeness (QED) is 0.651. The number of fused-ring (bicyclic) bond motifs is 3. The van der Waals surface area contributed by atoms with Crippen LogP contribution >= 0.6 is 11.8 Å². The average molecular weight is 377 g/mol. The molecule has 3 aromatic rings. The van der Waals surface area contributed by atoms with Crippen molar-refractivity contribution >= 4 is 34.3 Å². The Kier molecular flexibility index (Phi) is 4.01. The summed E-state index contributed by atoms with van der Waals surface area (Å²) < 4.78 is 1.76. The lowest BCUT2D eigenvalue weighted by Crippen LogP contribution is -2.32. The Morgan fingerprint density at radius 1 is 1.07 bits per heavy atom. The van der Waals surface area contributed by atoms with Gasteiger partial charge in [-0.2, -0.15) is 0 Å². The van der Waals surface area contributed by atoms with Gasteiger partial charge in [0.25, 0.3) is 11.5 Å². The molecule has 0 aliphatic carbocycles. The summed E-state index contributed by atoms with van der Waals surface area (Å²) >= 11 is 1.79. The highest BCUT2D eigenvalue weighted by Crippen LogP contribution is 2.34. The van der Waals surface area contributed by atoms with Crippen molar-refractivity contribution in [2.75, 3.05) is 17.2 Å². The normalized spacial score (nSPS) is 16.1. The van der Waals surface area contributed by atoms with Gasteiger partial charge in [-0.15, -0.1) is 11.8 Å². The zero-order chi connectivity index (χ0) is 18.4. The second-order valence-corrected chi connectivity index (χ2v) is 8.08. The Bertz CT molecular complexity index is 1120. The molecule has 1 amide bonds. The van der Waals surface area contributed by atoms with Crippen LogP contribution < -0.4 is 10.5 Å². The molecular formula is C21H19N3O2S. The number of aromatic nitrogens is 2. The topological polar surface area (TPSA) is 55.2 Å². The van der Waals surface area contributed by atoms with Crippen molar-refractivity contribution < 1.29 is 4.79 Å². The van der Waals surface area contributed by atoms with E-state index in [1.807, 2.05) is 23.1 Å². The fraction of sp³-hybridized carbons (Fsp3) is 0.286. The van der Waals surface area contributed by atoms with Gasteiger partial charge in [0.1, 0.15) is 5.82 Å². The third kappa shape index (κ3) is 2.75. The lowest BCUT2D eigenvalue weighted by Gasteiger charge is -2.22. The summed E-state index contributed by atoms with van der Waals surface area (Å²) in [6, 6.07) is 13.3. The first-order valence-corrected chi connectivity index (χ1v) is 10.3. The summed E-state index contributed by atoms with van der Waals surface area (Å²) in [5.74, 6) is 1.80. The van der Waals surface area contributed by atoms with Crippen molar-refractivity contribution in [1.82, 2.24) is 9.55 Å². The summed E-state index contributed by atoms with van der Waals surface area (Å²) in [6.07, 6.45) is 2.72.